The third-order valence-corrected chi connectivity index (χ3v) is 7.63. The standard InChI is InChI=1S/C25H21Cl2N3O3S/c1-14(31)20-6-7-21(34-20)15-10-16-11-17(33-24(16)18(26)12-15)13-28-23(32)8-5-19-25(27)29-22-4-2-3-9-30(19)22/h2-8,10,12,17,19H,9,11,13H2,1H3,(H,28,32). The van der Waals surface area contributed by atoms with Crippen LogP contribution in [0.4, 0.5) is 0 Å². The maximum Gasteiger partial charge on any atom is 0.243 e. The summed E-state index contributed by atoms with van der Waals surface area (Å²) in [5, 5.41) is 3.86. The van der Waals surface area contributed by atoms with Crippen molar-refractivity contribution in [2.45, 2.75) is 25.5 Å². The van der Waals surface area contributed by atoms with Gasteiger partial charge in [0.1, 0.15) is 28.9 Å². The van der Waals surface area contributed by atoms with Crippen LogP contribution in [0, 0.1) is 0 Å². The maximum absolute atomic E-state index is 12.4. The van der Waals surface area contributed by atoms with Gasteiger partial charge < -0.3 is 15.0 Å². The van der Waals surface area contributed by atoms with Crippen molar-refractivity contribution < 1.29 is 14.3 Å². The number of nitrogens with one attached hydrogen (secondary N) is 1. The third kappa shape index (κ3) is 4.56. The number of aliphatic imine (C=N–C) groups is 1. The molecule has 3 aliphatic heterocycles. The number of carbonyl (C=O) groups is 2. The molecule has 2 atom stereocenters. The number of ether oxygens (including phenoxy) is 1. The van der Waals surface area contributed by atoms with E-state index in [1.54, 1.807) is 13.0 Å². The Morgan fingerprint density at radius 1 is 1.32 bits per heavy atom. The van der Waals surface area contributed by atoms with Crippen LogP contribution in [0.15, 0.2) is 65.5 Å². The first-order valence-electron chi connectivity index (χ1n) is 10.8. The van der Waals surface area contributed by atoms with E-state index in [1.807, 2.05) is 47.4 Å². The van der Waals surface area contributed by atoms with Gasteiger partial charge in [-0.15, -0.1) is 11.3 Å². The van der Waals surface area contributed by atoms with Crippen molar-refractivity contribution in [3.8, 4) is 16.2 Å². The predicted octanol–water partition coefficient (Wildman–Crippen LogP) is 4.98. The molecule has 0 aliphatic carbocycles. The zero-order chi connectivity index (χ0) is 23.8. The number of benzene rings is 1. The van der Waals surface area contributed by atoms with E-state index in [9.17, 15) is 9.59 Å². The third-order valence-electron chi connectivity index (χ3n) is 5.80. The highest BCUT2D eigenvalue weighted by atomic mass is 35.5. The van der Waals surface area contributed by atoms with E-state index in [2.05, 4.69) is 10.3 Å². The number of allylic oxidation sites excluding steroid dienone is 2. The van der Waals surface area contributed by atoms with Gasteiger partial charge in [0.05, 0.1) is 16.4 Å². The Labute approximate surface area is 211 Å². The van der Waals surface area contributed by atoms with Gasteiger partial charge in [-0.05, 0) is 48.9 Å². The summed E-state index contributed by atoms with van der Waals surface area (Å²) in [6.07, 6.45) is 9.51. The Kier molecular flexibility index (Phi) is 6.34. The van der Waals surface area contributed by atoms with Crippen molar-refractivity contribution in [2.24, 2.45) is 4.99 Å². The molecule has 2 aromatic rings. The molecule has 1 N–H and O–H groups in total. The lowest BCUT2D eigenvalue weighted by molar-refractivity contribution is -0.116. The molecule has 0 spiro atoms. The number of rotatable bonds is 6. The fourth-order valence-corrected chi connectivity index (χ4v) is 5.59. The molecule has 174 valence electrons. The van der Waals surface area contributed by atoms with Gasteiger partial charge in [-0.3, -0.25) is 9.59 Å². The lowest BCUT2D eigenvalue weighted by atomic mass is 10.1. The number of thiophene rings is 1. The summed E-state index contributed by atoms with van der Waals surface area (Å²) in [5.74, 6) is 1.27. The Morgan fingerprint density at radius 3 is 2.97 bits per heavy atom. The number of halogens is 2. The first-order valence-corrected chi connectivity index (χ1v) is 12.4. The summed E-state index contributed by atoms with van der Waals surface area (Å²) >= 11 is 14.2. The molecule has 0 radical (unpaired) electrons. The van der Waals surface area contributed by atoms with Gasteiger partial charge in [0.25, 0.3) is 0 Å². The number of ketones is 1. The van der Waals surface area contributed by atoms with Crippen molar-refractivity contribution in [1.82, 2.24) is 10.2 Å². The van der Waals surface area contributed by atoms with Gasteiger partial charge in [-0.2, -0.15) is 0 Å². The van der Waals surface area contributed by atoms with Crippen LogP contribution in [0.2, 0.25) is 5.02 Å². The van der Waals surface area contributed by atoms with Crippen molar-refractivity contribution in [3.63, 3.8) is 0 Å². The summed E-state index contributed by atoms with van der Waals surface area (Å²) in [7, 11) is 0. The molecule has 1 aromatic carbocycles. The number of carbonyl (C=O) groups excluding carboxylic acids is 2. The highest BCUT2D eigenvalue weighted by molar-refractivity contribution is 7.17. The first-order chi connectivity index (χ1) is 16.4. The lowest BCUT2D eigenvalue weighted by Crippen LogP contribution is -2.35. The van der Waals surface area contributed by atoms with Crippen molar-refractivity contribution in [2.75, 3.05) is 13.1 Å². The van der Waals surface area contributed by atoms with E-state index in [4.69, 9.17) is 27.9 Å². The number of hydrogen-bond acceptors (Lipinski definition) is 6. The molecular formula is C25H21Cl2N3O3S. The quantitative estimate of drug-likeness (QED) is 0.436. The molecule has 2 unspecified atom stereocenters. The number of nitrogens with zero attached hydrogens (tertiary/aromatic N) is 2. The van der Waals surface area contributed by atoms with Gasteiger partial charge in [0.2, 0.25) is 5.91 Å². The largest absolute Gasteiger partial charge is 0.486 e. The van der Waals surface area contributed by atoms with Crippen LogP contribution >= 0.6 is 34.5 Å². The Bertz CT molecular complexity index is 1290. The second-order valence-corrected chi connectivity index (χ2v) is 10.1. The van der Waals surface area contributed by atoms with Gasteiger partial charge in [-0.25, -0.2) is 4.99 Å². The van der Waals surface area contributed by atoms with Crippen molar-refractivity contribution >= 4 is 51.4 Å². The molecule has 0 bridgehead atoms. The second kappa shape index (κ2) is 9.41. The number of amides is 1. The predicted molar refractivity (Wildman–Crippen MR) is 136 cm³/mol. The Hall–Kier alpha value is -2.87. The smallest absolute Gasteiger partial charge is 0.243 e. The average Bonchev–Trinajstić information content (AvgIpc) is 3.53. The lowest BCUT2D eigenvalue weighted by Gasteiger charge is -2.24. The molecular weight excluding hydrogens is 493 g/mol. The summed E-state index contributed by atoms with van der Waals surface area (Å²) in [4.78, 5) is 32.1. The highest BCUT2D eigenvalue weighted by Gasteiger charge is 2.30. The first kappa shape index (κ1) is 22.9. The summed E-state index contributed by atoms with van der Waals surface area (Å²) in [6.45, 7) is 2.60. The van der Waals surface area contributed by atoms with Crippen LogP contribution in [0.5, 0.6) is 5.75 Å². The summed E-state index contributed by atoms with van der Waals surface area (Å²) in [5.41, 5.74) is 1.94. The molecule has 1 aromatic heterocycles. The van der Waals surface area contributed by atoms with Crippen LogP contribution in [0.3, 0.4) is 0 Å². The van der Waals surface area contributed by atoms with E-state index >= 15 is 0 Å². The number of Topliss-reactive ketones (excluding diaryl/α,β-unsaturated/α-hetero) is 1. The zero-order valence-electron chi connectivity index (χ0n) is 18.3. The Balaban J connectivity index is 1.19. The molecule has 3 aliphatic rings. The molecule has 9 heteroatoms. The topological polar surface area (TPSA) is 71.0 Å². The average molecular weight is 514 g/mol. The van der Waals surface area contributed by atoms with Crippen LogP contribution in [0.25, 0.3) is 10.4 Å². The number of fused-ring (bicyclic) bond motifs is 2. The minimum absolute atomic E-state index is 0.0452. The Morgan fingerprint density at radius 2 is 2.18 bits per heavy atom. The molecule has 1 amide bonds. The van der Waals surface area contributed by atoms with E-state index in [-0.39, 0.29) is 23.8 Å². The van der Waals surface area contributed by atoms with Crippen LogP contribution in [-0.2, 0) is 11.2 Å². The minimum Gasteiger partial charge on any atom is -0.486 e. The summed E-state index contributed by atoms with van der Waals surface area (Å²) in [6, 6.07) is 7.41. The molecule has 5 rings (SSSR count). The fraction of sp³-hybridized carbons (Fsp3) is 0.240. The van der Waals surface area contributed by atoms with Crippen molar-refractivity contribution in [1.29, 1.82) is 0 Å². The zero-order valence-corrected chi connectivity index (χ0v) is 20.6. The fourth-order valence-electron chi connectivity index (χ4n) is 4.14. The van der Waals surface area contributed by atoms with Crippen LogP contribution < -0.4 is 10.1 Å². The second-order valence-electron chi connectivity index (χ2n) is 8.20. The summed E-state index contributed by atoms with van der Waals surface area (Å²) < 4.78 is 6.00. The monoisotopic (exact) mass is 513 g/mol. The SMILES string of the molecule is CC(=O)c1ccc(-c2cc(Cl)c3c(c2)CC(CNC(=O)C=CC2C(Cl)=NC4=CC=CCN42)O3)s1. The van der Waals surface area contributed by atoms with Gasteiger partial charge in [0, 0.05) is 29.5 Å². The van der Waals surface area contributed by atoms with E-state index in [0.717, 1.165) is 21.8 Å². The van der Waals surface area contributed by atoms with Crippen molar-refractivity contribution in [3.05, 3.63) is 75.9 Å². The van der Waals surface area contributed by atoms with E-state index in [0.29, 0.717) is 40.3 Å². The molecule has 34 heavy (non-hydrogen) atoms. The van der Waals surface area contributed by atoms with E-state index < -0.39 is 0 Å². The minimum atomic E-state index is -0.242. The normalized spacial score (nSPS) is 20.6. The maximum atomic E-state index is 12.4. The molecule has 0 saturated carbocycles. The van der Waals surface area contributed by atoms with Crippen LogP contribution in [0.1, 0.15) is 22.2 Å². The van der Waals surface area contributed by atoms with E-state index in [1.165, 1.54) is 17.4 Å². The van der Waals surface area contributed by atoms with Gasteiger partial charge >= 0.3 is 0 Å². The van der Waals surface area contributed by atoms with Crippen LogP contribution in [-0.4, -0.2) is 47.0 Å². The van der Waals surface area contributed by atoms with Gasteiger partial charge in [-0.1, -0.05) is 35.4 Å². The molecule has 0 fully saturated rings. The number of hydrogen-bond donors (Lipinski definition) is 1. The highest BCUT2D eigenvalue weighted by Crippen LogP contribution is 2.41. The molecule has 4 heterocycles. The molecule has 6 nitrogen and oxygen atoms in total. The molecule has 0 saturated heterocycles. The van der Waals surface area contributed by atoms with Gasteiger partial charge in [0.15, 0.2) is 5.78 Å².